The molecule has 0 aromatic heterocycles. The van der Waals surface area contributed by atoms with E-state index in [4.69, 9.17) is 5.73 Å². The Hall–Kier alpha value is -1.02. The molecule has 0 bridgehead atoms. The van der Waals surface area contributed by atoms with Gasteiger partial charge in [-0.3, -0.25) is 0 Å². The van der Waals surface area contributed by atoms with Gasteiger partial charge in [-0.2, -0.15) is 0 Å². The van der Waals surface area contributed by atoms with Crippen LogP contribution in [0.3, 0.4) is 0 Å². The van der Waals surface area contributed by atoms with Crippen molar-refractivity contribution in [2.75, 3.05) is 0 Å². The lowest BCUT2D eigenvalue weighted by Crippen LogP contribution is -2.38. The second-order valence-corrected chi connectivity index (χ2v) is 4.96. The number of hydrogen-bond acceptors (Lipinski definition) is 2. The zero-order valence-electron chi connectivity index (χ0n) is 10.00. The number of aryl methyl sites for hydroxylation is 1. The maximum Gasteiger partial charge on any atom is 0.116 e. The second-order valence-electron chi connectivity index (χ2n) is 4.96. The van der Waals surface area contributed by atoms with Crippen molar-refractivity contribution < 1.29 is 5.11 Å². The smallest absolute Gasteiger partial charge is 0.116 e. The third kappa shape index (κ3) is 2.22. The van der Waals surface area contributed by atoms with Crippen molar-refractivity contribution in [2.24, 2.45) is 5.73 Å². The normalized spacial score (nSPS) is 19.6. The highest BCUT2D eigenvalue weighted by Gasteiger charge is 2.29. The highest BCUT2D eigenvalue weighted by molar-refractivity contribution is 5.37. The molecule has 0 heterocycles. The standard InChI is InChI=1S/C14H21NO/c1-2-11-8-12(10-13(16)9-11)14(15)6-4-3-5-7-14/h8-10,16H,2-7,15H2,1H3. The van der Waals surface area contributed by atoms with Crippen LogP contribution in [0.25, 0.3) is 0 Å². The Morgan fingerprint density at radius 1 is 1.19 bits per heavy atom. The van der Waals surface area contributed by atoms with Gasteiger partial charge in [0, 0.05) is 5.54 Å². The first-order valence-corrected chi connectivity index (χ1v) is 6.26. The quantitative estimate of drug-likeness (QED) is 0.803. The van der Waals surface area contributed by atoms with Crippen molar-refractivity contribution in [1.82, 2.24) is 0 Å². The van der Waals surface area contributed by atoms with Crippen molar-refractivity contribution in [3.8, 4) is 5.75 Å². The van der Waals surface area contributed by atoms with Crippen LogP contribution in [0, 0.1) is 0 Å². The molecule has 0 aliphatic heterocycles. The molecule has 2 heteroatoms. The maximum atomic E-state index is 9.71. The highest BCUT2D eigenvalue weighted by atomic mass is 16.3. The summed E-state index contributed by atoms with van der Waals surface area (Å²) in [6.45, 7) is 2.10. The lowest BCUT2D eigenvalue weighted by atomic mass is 9.77. The lowest BCUT2D eigenvalue weighted by molar-refractivity contribution is 0.301. The minimum Gasteiger partial charge on any atom is -0.508 e. The van der Waals surface area contributed by atoms with Crippen LogP contribution in [0.5, 0.6) is 5.75 Å². The van der Waals surface area contributed by atoms with E-state index in [-0.39, 0.29) is 5.54 Å². The Bertz CT molecular complexity index is 367. The highest BCUT2D eigenvalue weighted by Crippen LogP contribution is 2.36. The third-order valence-corrected chi connectivity index (χ3v) is 3.71. The number of aromatic hydroxyl groups is 1. The SMILES string of the molecule is CCc1cc(O)cc(C2(N)CCCCC2)c1. The van der Waals surface area contributed by atoms with E-state index in [1.807, 2.05) is 12.1 Å². The van der Waals surface area contributed by atoms with Crippen LogP contribution in [0.4, 0.5) is 0 Å². The number of phenols is 1. The molecule has 0 radical (unpaired) electrons. The van der Waals surface area contributed by atoms with Gasteiger partial charge in [-0.15, -0.1) is 0 Å². The van der Waals surface area contributed by atoms with E-state index in [0.717, 1.165) is 24.8 Å². The molecule has 2 nitrogen and oxygen atoms in total. The number of rotatable bonds is 2. The predicted molar refractivity (Wildman–Crippen MR) is 66.4 cm³/mol. The molecule has 3 N–H and O–H groups in total. The van der Waals surface area contributed by atoms with Gasteiger partial charge < -0.3 is 10.8 Å². The molecule has 1 aliphatic carbocycles. The molecule has 1 aromatic carbocycles. The Labute approximate surface area is 97.5 Å². The number of hydrogen-bond donors (Lipinski definition) is 2. The van der Waals surface area contributed by atoms with E-state index in [1.165, 1.54) is 24.8 Å². The fourth-order valence-electron chi connectivity index (χ4n) is 2.64. The van der Waals surface area contributed by atoms with Crippen LogP contribution < -0.4 is 5.73 Å². The van der Waals surface area contributed by atoms with Gasteiger partial charge in [0.2, 0.25) is 0 Å². The Morgan fingerprint density at radius 3 is 2.50 bits per heavy atom. The molecule has 0 saturated heterocycles. The van der Waals surface area contributed by atoms with E-state index in [9.17, 15) is 5.11 Å². The lowest BCUT2D eigenvalue weighted by Gasteiger charge is -2.34. The van der Waals surface area contributed by atoms with Gasteiger partial charge in [0.15, 0.2) is 0 Å². The summed E-state index contributed by atoms with van der Waals surface area (Å²) in [6, 6.07) is 5.82. The van der Waals surface area contributed by atoms with Gasteiger partial charge in [0.25, 0.3) is 0 Å². The van der Waals surface area contributed by atoms with E-state index < -0.39 is 0 Å². The van der Waals surface area contributed by atoms with Crippen molar-refractivity contribution in [3.05, 3.63) is 29.3 Å². The summed E-state index contributed by atoms with van der Waals surface area (Å²) >= 11 is 0. The minimum atomic E-state index is -0.207. The van der Waals surface area contributed by atoms with Gasteiger partial charge in [-0.25, -0.2) is 0 Å². The summed E-state index contributed by atoms with van der Waals surface area (Å²) < 4.78 is 0. The monoisotopic (exact) mass is 219 g/mol. The Balaban J connectivity index is 2.34. The molecule has 0 spiro atoms. The van der Waals surface area contributed by atoms with Crippen LogP contribution in [0.2, 0.25) is 0 Å². The van der Waals surface area contributed by atoms with Gasteiger partial charge in [0.1, 0.15) is 5.75 Å². The predicted octanol–water partition coefficient (Wildman–Crippen LogP) is 3.07. The molecular weight excluding hydrogens is 198 g/mol. The summed E-state index contributed by atoms with van der Waals surface area (Å²) in [5, 5.41) is 9.71. The maximum absolute atomic E-state index is 9.71. The Kier molecular flexibility index (Phi) is 3.20. The third-order valence-electron chi connectivity index (χ3n) is 3.71. The van der Waals surface area contributed by atoms with Crippen molar-refractivity contribution >= 4 is 0 Å². The zero-order valence-corrected chi connectivity index (χ0v) is 10.00. The van der Waals surface area contributed by atoms with Crippen LogP contribution >= 0.6 is 0 Å². The number of phenolic OH excluding ortho intramolecular Hbond substituents is 1. The fraction of sp³-hybridized carbons (Fsp3) is 0.571. The Morgan fingerprint density at radius 2 is 1.88 bits per heavy atom. The van der Waals surface area contributed by atoms with Crippen LogP contribution in [-0.4, -0.2) is 5.11 Å². The van der Waals surface area contributed by atoms with Gasteiger partial charge >= 0.3 is 0 Å². The topological polar surface area (TPSA) is 46.2 Å². The summed E-state index contributed by atoms with van der Waals surface area (Å²) in [4.78, 5) is 0. The zero-order chi connectivity index (χ0) is 11.6. The number of benzene rings is 1. The fourth-order valence-corrected chi connectivity index (χ4v) is 2.64. The molecule has 1 aliphatic rings. The van der Waals surface area contributed by atoms with Crippen molar-refractivity contribution in [2.45, 2.75) is 51.0 Å². The molecule has 1 fully saturated rings. The second kappa shape index (κ2) is 4.46. The summed E-state index contributed by atoms with van der Waals surface area (Å²) in [7, 11) is 0. The van der Waals surface area contributed by atoms with Crippen LogP contribution in [0.15, 0.2) is 18.2 Å². The first-order valence-electron chi connectivity index (χ1n) is 6.26. The molecule has 1 saturated carbocycles. The molecular formula is C14H21NO. The molecule has 0 atom stereocenters. The number of nitrogens with two attached hydrogens (primary N) is 1. The molecule has 88 valence electrons. The first kappa shape index (κ1) is 11.5. The van der Waals surface area contributed by atoms with E-state index in [2.05, 4.69) is 13.0 Å². The average molecular weight is 219 g/mol. The summed E-state index contributed by atoms with van der Waals surface area (Å²) in [5.41, 5.74) is 8.54. The van der Waals surface area contributed by atoms with Crippen molar-refractivity contribution in [3.63, 3.8) is 0 Å². The van der Waals surface area contributed by atoms with Crippen LogP contribution in [0.1, 0.15) is 50.2 Å². The molecule has 0 unspecified atom stereocenters. The molecule has 2 rings (SSSR count). The summed E-state index contributed by atoms with van der Waals surface area (Å²) in [6.07, 6.45) is 6.72. The van der Waals surface area contributed by atoms with Crippen molar-refractivity contribution in [1.29, 1.82) is 0 Å². The van der Waals surface area contributed by atoms with Gasteiger partial charge in [0.05, 0.1) is 0 Å². The average Bonchev–Trinajstić information content (AvgIpc) is 2.29. The van der Waals surface area contributed by atoms with Gasteiger partial charge in [-0.1, -0.05) is 32.3 Å². The first-order chi connectivity index (χ1) is 7.64. The van der Waals surface area contributed by atoms with Crippen LogP contribution in [-0.2, 0) is 12.0 Å². The molecule has 16 heavy (non-hydrogen) atoms. The minimum absolute atomic E-state index is 0.207. The van der Waals surface area contributed by atoms with E-state index in [1.54, 1.807) is 0 Å². The molecule has 1 aromatic rings. The summed E-state index contributed by atoms with van der Waals surface area (Å²) in [5.74, 6) is 0.352. The van der Waals surface area contributed by atoms with E-state index >= 15 is 0 Å². The largest absolute Gasteiger partial charge is 0.508 e. The van der Waals surface area contributed by atoms with Gasteiger partial charge in [-0.05, 0) is 42.5 Å². The van der Waals surface area contributed by atoms with E-state index in [0.29, 0.717) is 5.75 Å². The molecule has 0 amide bonds.